The zero-order valence-corrected chi connectivity index (χ0v) is 20.8. The van der Waals surface area contributed by atoms with Crippen molar-refractivity contribution in [3.63, 3.8) is 0 Å². The monoisotopic (exact) mass is 504 g/mol. The smallest absolute Gasteiger partial charge is 0.256 e. The lowest BCUT2D eigenvalue weighted by Crippen LogP contribution is -2.10. The number of anilines is 2. The first-order valence-corrected chi connectivity index (χ1v) is 12.9. The van der Waals surface area contributed by atoms with Crippen molar-refractivity contribution < 1.29 is 4.79 Å². The molecule has 1 N–H and O–H groups in total. The average molecular weight is 505 g/mol. The maximum Gasteiger partial charge on any atom is 0.256 e. The maximum absolute atomic E-state index is 12.5. The number of thiazole rings is 1. The van der Waals surface area contributed by atoms with E-state index in [1.165, 1.54) is 23.1 Å². The third kappa shape index (κ3) is 4.74. The molecule has 34 heavy (non-hydrogen) atoms. The highest BCUT2D eigenvalue weighted by atomic mass is 32.2. The van der Waals surface area contributed by atoms with Gasteiger partial charge in [0.25, 0.3) is 5.91 Å². The average Bonchev–Trinajstić information content (AvgIpc) is 3.61. The fourth-order valence-electron chi connectivity index (χ4n) is 3.25. The van der Waals surface area contributed by atoms with Crippen LogP contribution in [0.2, 0.25) is 0 Å². The second kappa shape index (κ2) is 9.80. The van der Waals surface area contributed by atoms with Gasteiger partial charge in [-0.3, -0.25) is 9.36 Å². The summed E-state index contributed by atoms with van der Waals surface area (Å²) in [5.41, 5.74) is 2.68. The summed E-state index contributed by atoms with van der Waals surface area (Å²) in [5.74, 6) is 0.620. The molecule has 0 radical (unpaired) electrons. The van der Waals surface area contributed by atoms with Gasteiger partial charge in [-0.1, -0.05) is 35.6 Å². The molecule has 0 aliphatic rings. The molecule has 0 atom stereocenters. The normalized spacial score (nSPS) is 10.9. The van der Waals surface area contributed by atoms with Crippen molar-refractivity contribution in [3.05, 3.63) is 83.9 Å². The van der Waals surface area contributed by atoms with E-state index < -0.39 is 0 Å². The van der Waals surface area contributed by atoms with E-state index in [2.05, 4.69) is 49.7 Å². The summed E-state index contributed by atoms with van der Waals surface area (Å²) >= 11 is 4.44. The lowest BCUT2D eigenvalue weighted by atomic mass is 10.2. The van der Waals surface area contributed by atoms with Crippen molar-refractivity contribution in [2.75, 3.05) is 24.3 Å². The van der Waals surface area contributed by atoms with E-state index >= 15 is 0 Å². The van der Waals surface area contributed by atoms with Gasteiger partial charge in [-0.05, 0) is 59.6 Å². The van der Waals surface area contributed by atoms with E-state index in [0.29, 0.717) is 15.7 Å². The predicted molar refractivity (Wildman–Crippen MR) is 140 cm³/mol. The summed E-state index contributed by atoms with van der Waals surface area (Å²) in [4.78, 5) is 20.0. The zero-order valence-electron chi connectivity index (χ0n) is 18.4. The van der Waals surface area contributed by atoms with Crippen LogP contribution < -0.4 is 10.2 Å². The summed E-state index contributed by atoms with van der Waals surface area (Å²) in [6.45, 7) is 0. The Bertz CT molecular complexity index is 1390. The molecular formula is C24H20N6OS3. The largest absolute Gasteiger partial charge is 0.378 e. The lowest BCUT2D eigenvalue weighted by molar-refractivity contribution is 0.102. The predicted octanol–water partition coefficient (Wildman–Crippen LogP) is 5.92. The molecule has 0 aliphatic carbocycles. The van der Waals surface area contributed by atoms with Crippen LogP contribution in [-0.4, -0.2) is 39.8 Å². The fraction of sp³-hybridized carbons (Fsp3) is 0.0833. The van der Waals surface area contributed by atoms with Gasteiger partial charge in [-0.2, -0.15) is 0 Å². The van der Waals surface area contributed by atoms with Crippen LogP contribution in [0.1, 0.15) is 10.4 Å². The highest BCUT2D eigenvalue weighted by molar-refractivity contribution is 8.01. The van der Waals surface area contributed by atoms with Crippen LogP contribution >= 0.6 is 34.4 Å². The Morgan fingerprint density at radius 2 is 1.79 bits per heavy atom. The van der Waals surface area contributed by atoms with Gasteiger partial charge in [0.2, 0.25) is 5.16 Å². The van der Waals surface area contributed by atoms with Gasteiger partial charge in [0, 0.05) is 31.0 Å². The molecule has 0 bridgehead atoms. The zero-order chi connectivity index (χ0) is 23.5. The molecule has 0 unspecified atom stereocenters. The number of nitrogens with zero attached hydrogens (tertiary/aromatic N) is 5. The fourth-order valence-corrected chi connectivity index (χ4v) is 5.78. The van der Waals surface area contributed by atoms with Gasteiger partial charge in [-0.15, -0.1) is 21.5 Å². The topological polar surface area (TPSA) is 75.9 Å². The van der Waals surface area contributed by atoms with Crippen LogP contribution in [-0.2, 0) is 0 Å². The first-order chi connectivity index (χ1) is 16.6. The number of carbonyl (C=O) groups excluding carboxylic acids is 1. The van der Waals surface area contributed by atoms with Crippen LogP contribution in [0.25, 0.3) is 16.4 Å². The van der Waals surface area contributed by atoms with Crippen molar-refractivity contribution in [1.82, 2.24) is 19.7 Å². The Hall–Kier alpha value is -3.47. The van der Waals surface area contributed by atoms with Crippen molar-refractivity contribution in [2.24, 2.45) is 0 Å². The first-order valence-electron chi connectivity index (χ1n) is 10.4. The molecule has 2 aromatic carbocycles. The Kier molecular flexibility index (Phi) is 6.43. The van der Waals surface area contributed by atoms with E-state index in [1.54, 1.807) is 29.7 Å². The van der Waals surface area contributed by atoms with Crippen molar-refractivity contribution >= 4 is 51.0 Å². The van der Waals surface area contributed by atoms with Crippen molar-refractivity contribution in [2.45, 2.75) is 9.50 Å². The molecular weight excluding hydrogens is 485 g/mol. The number of carbonyl (C=O) groups is 1. The summed E-state index contributed by atoms with van der Waals surface area (Å²) < 4.78 is 2.80. The van der Waals surface area contributed by atoms with E-state index in [4.69, 9.17) is 0 Å². The van der Waals surface area contributed by atoms with Crippen LogP contribution in [0.4, 0.5) is 10.7 Å². The van der Waals surface area contributed by atoms with Gasteiger partial charge in [0.15, 0.2) is 10.2 Å². The number of amides is 1. The molecule has 0 spiro atoms. The van der Waals surface area contributed by atoms with Crippen molar-refractivity contribution in [3.8, 4) is 16.4 Å². The molecule has 10 heteroatoms. The highest BCUT2D eigenvalue weighted by Crippen LogP contribution is 2.37. The number of thiophene rings is 1. The molecule has 3 aromatic heterocycles. The molecule has 7 nitrogen and oxygen atoms in total. The number of aromatic nitrogens is 4. The Morgan fingerprint density at radius 1 is 1.00 bits per heavy atom. The molecule has 0 fully saturated rings. The second-order valence-corrected chi connectivity index (χ2v) is 10.6. The summed E-state index contributed by atoms with van der Waals surface area (Å²) in [5, 5.41) is 15.3. The lowest BCUT2D eigenvalue weighted by Gasteiger charge is -2.14. The summed E-state index contributed by atoms with van der Waals surface area (Å²) in [6, 6.07) is 21.4. The van der Waals surface area contributed by atoms with Gasteiger partial charge < -0.3 is 10.2 Å². The van der Waals surface area contributed by atoms with Crippen molar-refractivity contribution in [1.29, 1.82) is 0 Å². The molecule has 5 rings (SSSR count). The van der Waals surface area contributed by atoms with E-state index in [-0.39, 0.29) is 5.91 Å². The number of hydrogen-bond donors (Lipinski definition) is 1. The van der Waals surface area contributed by atoms with E-state index in [1.807, 2.05) is 54.4 Å². The number of hydrogen-bond acceptors (Lipinski definition) is 8. The Labute approximate surface area is 209 Å². The summed E-state index contributed by atoms with van der Waals surface area (Å²) in [7, 11) is 4.03. The van der Waals surface area contributed by atoms with Gasteiger partial charge in [-0.25, -0.2) is 4.98 Å². The third-order valence-electron chi connectivity index (χ3n) is 4.94. The number of nitrogens with one attached hydrogen (secondary N) is 1. The molecule has 0 aliphatic heterocycles. The quantitative estimate of drug-likeness (QED) is 0.296. The minimum atomic E-state index is -0.162. The maximum atomic E-state index is 12.5. The van der Waals surface area contributed by atoms with Gasteiger partial charge in [0.1, 0.15) is 5.00 Å². The SMILES string of the molecule is CN(C)c1ccc(-n2c(Sc3ncc(NC(=O)c4ccccc4)s3)nnc2-c2cccs2)cc1. The molecule has 0 saturated carbocycles. The molecule has 5 aromatic rings. The molecule has 3 heterocycles. The Morgan fingerprint density at radius 3 is 2.50 bits per heavy atom. The van der Waals surface area contributed by atoms with Gasteiger partial charge >= 0.3 is 0 Å². The van der Waals surface area contributed by atoms with Crippen LogP contribution in [0.15, 0.2) is 87.8 Å². The van der Waals surface area contributed by atoms with Crippen LogP contribution in [0.3, 0.4) is 0 Å². The van der Waals surface area contributed by atoms with E-state index in [9.17, 15) is 4.79 Å². The van der Waals surface area contributed by atoms with Gasteiger partial charge in [0.05, 0.1) is 11.1 Å². The molecule has 170 valence electrons. The van der Waals surface area contributed by atoms with Crippen LogP contribution in [0.5, 0.6) is 0 Å². The number of benzene rings is 2. The molecule has 0 saturated heterocycles. The standard InChI is InChI=1S/C24H20N6OS3/c1-29(2)17-10-12-18(13-11-17)30-21(19-9-6-14-32-19)27-28-23(30)34-24-25-15-20(33-24)26-22(31)16-7-4-3-5-8-16/h3-15H,1-2H3,(H,26,31). The first kappa shape index (κ1) is 22.3. The number of rotatable bonds is 7. The van der Waals surface area contributed by atoms with Crippen LogP contribution in [0, 0.1) is 0 Å². The minimum Gasteiger partial charge on any atom is -0.378 e. The molecule has 1 amide bonds. The third-order valence-corrected chi connectivity index (χ3v) is 7.74. The highest BCUT2D eigenvalue weighted by Gasteiger charge is 2.19. The Balaban J connectivity index is 1.43. The second-order valence-electron chi connectivity index (χ2n) is 7.44. The van der Waals surface area contributed by atoms with E-state index in [0.717, 1.165) is 26.4 Å². The minimum absolute atomic E-state index is 0.162. The summed E-state index contributed by atoms with van der Waals surface area (Å²) in [6.07, 6.45) is 1.67.